The molecule has 0 spiro atoms. The lowest BCUT2D eigenvalue weighted by Gasteiger charge is -2.12. The first-order valence-electron chi connectivity index (χ1n) is 18.9. The zero-order chi connectivity index (χ0) is 37.8. The van der Waals surface area contributed by atoms with E-state index in [-0.39, 0.29) is 64.0 Å². The summed E-state index contributed by atoms with van der Waals surface area (Å²) in [7, 11) is 0. The highest BCUT2D eigenvalue weighted by Gasteiger charge is 2.17. The molecule has 0 aliphatic rings. The molecule has 49 heavy (non-hydrogen) atoms. The van der Waals surface area contributed by atoms with E-state index in [1.807, 2.05) is 140 Å². The minimum Gasteiger partial charge on any atom is -0.208 e. The van der Waals surface area contributed by atoms with Gasteiger partial charge in [0.25, 0.3) is 0 Å². The van der Waals surface area contributed by atoms with Gasteiger partial charge in [0.15, 0.2) is 17.5 Å². The number of rotatable bonds is 6. The van der Waals surface area contributed by atoms with Crippen LogP contribution >= 0.6 is 11.3 Å². The second-order valence-electron chi connectivity index (χ2n) is 11.5. The lowest BCUT2D eigenvalue weighted by atomic mass is 9.98. The molecule has 0 radical (unpaired) electrons. The fourth-order valence-electron chi connectivity index (χ4n) is 6.00. The first-order valence-corrected chi connectivity index (χ1v) is 16.7. The molecule has 0 N–H and O–H groups in total. The van der Waals surface area contributed by atoms with Gasteiger partial charge in [-0.25, -0.2) is 15.0 Å². The molecule has 0 atom stereocenters. The van der Waals surface area contributed by atoms with Gasteiger partial charge >= 0.3 is 0 Å². The highest BCUT2D eigenvalue weighted by atomic mass is 32.1. The van der Waals surface area contributed by atoms with E-state index >= 15 is 0 Å². The number of fused-ring (bicyclic) bond motifs is 3. The van der Waals surface area contributed by atoms with Gasteiger partial charge in [-0.1, -0.05) is 152 Å². The smallest absolute Gasteiger partial charge is 0.164 e. The van der Waals surface area contributed by atoms with Gasteiger partial charge in [0.1, 0.15) is 0 Å². The molecule has 0 aliphatic heterocycles. The summed E-state index contributed by atoms with van der Waals surface area (Å²) in [5, 5.41) is 0.530. The van der Waals surface area contributed by atoms with E-state index in [2.05, 4.69) is 0 Å². The summed E-state index contributed by atoms with van der Waals surface area (Å²) >= 11 is 1.09. The Kier molecular flexibility index (Phi) is 5.87. The van der Waals surface area contributed by atoms with Crippen LogP contribution in [0.3, 0.4) is 0 Å². The second-order valence-corrected chi connectivity index (χ2v) is 12.6. The molecule has 2 aromatic heterocycles. The van der Waals surface area contributed by atoms with Gasteiger partial charge in [-0.3, -0.25) is 0 Å². The summed E-state index contributed by atoms with van der Waals surface area (Å²) in [6, 6.07) is 43.8. The van der Waals surface area contributed by atoms with Gasteiger partial charge in [0.2, 0.25) is 0 Å². The predicted molar refractivity (Wildman–Crippen MR) is 205 cm³/mol. The Balaban J connectivity index is 1.28. The molecule has 4 heteroatoms. The van der Waals surface area contributed by atoms with Gasteiger partial charge in [-0.05, 0) is 57.6 Å². The van der Waals surface area contributed by atoms with E-state index in [9.17, 15) is 5.48 Å². The van der Waals surface area contributed by atoms with Crippen molar-refractivity contribution in [1.82, 2.24) is 15.0 Å². The summed E-state index contributed by atoms with van der Waals surface area (Å²) in [6.07, 6.45) is 0. The molecule has 0 aliphatic carbocycles. The Labute approximate surface area is 297 Å². The minimum atomic E-state index is -0.266. The fourth-order valence-corrected chi connectivity index (χ4v) is 6.97. The van der Waals surface area contributed by atoms with Crippen LogP contribution in [0, 0.1) is 0 Å². The van der Waals surface area contributed by atoms with E-state index in [0.717, 1.165) is 44.7 Å². The molecule has 230 valence electrons. The molecule has 3 nitrogen and oxygen atoms in total. The highest BCUT2D eigenvalue weighted by Crippen LogP contribution is 2.39. The standard InChI is InChI=1S/C45H29N3S/c1-4-13-30(14-5-1)33-19-12-20-34(27-33)35-24-26-41-40(28-35)38-25-23-36(29-42(38)49-41)44-46-43(32-17-8-3-9-18-32)47-45(48-44)39-22-11-10-21-37(39)31-15-6-2-7-16-31/h1-29H/i23D,24D,25D,26D,28D,29D. The maximum Gasteiger partial charge on any atom is 0.164 e. The van der Waals surface area contributed by atoms with Crippen molar-refractivity contribution in [1.29, 1.82) is 0 Å². The number of nitrogens with zero attached hydrogens (tertiary/aromatic N) is 3. The number of benzene rings is 7. The lowest BCUT2D eigenvalue weighted by molar-refractivity contribution is 1.07. The minimum absolute atomic E-state index is 0.0150. The molecule has 0 fully saturated rings. The van der Waals surface area contributed by atoms with Crippen LogP contribution in [-0.2, 0) is 0 Å². The summed E-state index contributed by atoms with van der Waals surface area (Å²) in [5.41, 5.74) is 6.16. The van der Waals surface area contributed by atoms with Crippen molar-refractivity contribution in [3.63, 3.8) is 0 Å². The average Bonchev–Trinajstić information content (AvgIpc) is 3.65. The molecule has 0 saturated heterocycles. The number of hydrogen-bond donors (Lipinski definition) is 0. The monoisotopic (exact) mass is 649 g/mol. The van der Waals surface area contributed by atoms with E-state index in [1.165, 1.54) is 0 Å². The van der Waals surface area contributed by atoms with Crippen LogP contribution in [0.15, 0.2) is 176 Å². The quantitative estimate of drug-likeness (QED) is 0.180. The summed E-state index contributed by atoms with van der Waals surface area (Å²) in [4.78, 5) is 14.6. The van der Waals surface area contributed by atoms with E-state index in [4.69, 9.17) is 17.7 Å². The highest BCUT2D eigenvalue weighted by molar-refractivity contribution is 7.25. The normalized spacial score (nSPS) is 13.0. The summed E-state index contributed by atoms with van der Waals surface area (Å²) in [6.45, 7) is 0. The fraction of sp³-hybridized carbons (Fsp3) is 0. The van der Waals surface area contributed by atoms with E-state index < -0.39 is 0 Å². The SMILES string of the molecule is [2H]c1c(-c2cccc(-c3ccccc3)c2)c([2H])c2c(sc3c([2H])c(-c4nc(-c5ccccc5)nc(-c5ccccc5-c5ccccc5)n4)c([2H])c([2H])c32)c1[2H]. The second kappa shape index (κ2) is 12.4. The van der Waals surface area contributed by atoms with Crippen molar-refractivity contribution in [3.05, 3.63) is 176 Å². The van der Waals surface area contributed by atoms with E-state index in [1.54, 1.807) is 0 Å². The Morgan fingerprint density at radius 2 is 0.918 bits per heavy atom. The van der Waals surface area contributed by atoms with Crippen LogP contribution in [0.1, 0.15) is 8.22 Å². The third-order valence-corrected chi connectivity index (χ3v) is 9.43. The van der Waals surface area contributed by atoms with Crippen LogP contribution in [0.5, 0.6) is 0 Å². The number of aromatic nitrogens is 3. The Hall–Kier alpha value is -6.23. The third-order valence-electron chi connectivity index (χ3n) is 8.41. The maximum atomic E-state index is 9.55. The first-order chi connectivity index (χ1) is 26.8. The van der Waals surface area contributed by atoms with Crippen LogP contribution < -0.4 is 0 Å². The van der Waals surface area contributed by atoms with Crippen LogP contribution in [0.2, 0.25) is 0 Å². The largest absolute Gasteiger partial charge is 0.208 e. The Morgan fingerprint density at radius 3 is 1.65 bits per heavy atom. The van der Waals surface area contributed by atoms with Gasteiger partial charge in [0, 0.05) is 36.9 Å². The van der Waals surface area contributed by atoms with Gasteiger partial charge in [-0.15, -0.1) is 11.3 Å². The zero-order valence-corrected chi connectivity index (χ0v) is 26.8. The molecular weight excluding hydrogens is 615 g/mol. The van der Waals surface area contributed by atoms with Gasteiger partial charge in [0.05, 0.1) is 8.22 Å². The van der Waals surface area contributed by atoms with Crippen LogP contribution in [-0.4, -0.2) is 15.0 Å². The average molecular weight is 650 g/mol. The molecule has 0 amide bonds. The van der Waals surface area contributed by atoms with Gasteiger partial charge < -0.3 is 0 Å². The molecule has 9 aromatic rings. The van der Waals surface area contributed by atoms with Crippen molar-refractivity contribution in [2.75, 3.05) is 0 Å². The molecule has 0 saturated carbocycles. The number of hydrogen-bond acceptors (Lipinski definition) is 4. The zero-order valence-electron chi connectivity index (χ0n) is 32.0. The molecule has 0 bridgehead atoms. The van der Waals surface area contributed by atoms with Crippen LogP contribution in [0.25, 0.3) is 87.7 Å². The van der Waals surface area contributed by atoms with Crippen molar-refractivity contribution in [3.8, 4) is 67.5 Å². The number of thiophene rings is 1. The summed E-state index contributed by atoms with van der Waals surface area (Å²) < 4.78 is 56.5. The van der Waals surface area contributed by atoms with Crippen molar-refractivity contribution < 1.29 is 8.22 Å². The van der Waals surface area contributed by atoms with Crippen molar-refractivity contribution in [2.45, 2.75) is 0 Å². The molecule has 9 rings (SSSR count). The predicted octanol–water partition coefficient (Wildman–Crippen LogP) is 12.2. The van der Waals surface area contributed by atoms with Crippen molar-refractivity contribution >= 4 is 31.5 Å². The Bertz CT molecular complexity index is 2940. The molecule has 0 unspecified atom stereocenters. The molecular formula is C45H29N3S. The topological polar surface area (TPSA) is 38.7 Å². The first kappa shape index (κ1) is 23.2. The summed E-state index contributed by atoms with van der Waals surface area (Å²) in [5.74, 6) is 0.785. The molecule has 2 heterocycles. The van der Waals surface area contributed by atoms with Crippen molar-refractivity contribution in [2.24, 2.45) is 0 Å². The molecule has 7 aromatic carbocycles. The lowest BCUT2D eigenvalue weighted by Crippen LogP contribution is -2.01. The van der Waals surface area contributed by atoms with E-state index in [0.29, 0.717) is 26.6 Å². The third kappa shape index (κ3) is 5.58. The van der Waals surface area contributed by atoms with Gasteiger partial charge in [-0.2, -0.15) is 0 Å². The Morgan fingerprint density at radius 1 is 0.367 bits per heavy atom. The van der Waals surface area contributed by atoms with Crippen LogP contribution in [0.4, 0.5) is 0 Å². The maximum absolute atomic E-state index is 9.55.